The average molecular weight is 302 g/mol. The molecule has 1 aliphatic heterocycles. The van der Waals surface area contributed by atoms with E-state index in [0.717, 1.165) is 5.56 Å². The minimum absolute atomic E-state index is 0.120. The molecule has 0 bridgehead atoms. The summed E-state index contributed by atoms with van der Waals surface area (Å²) in [6, 6.07) is 5.35. The lowest BCUT2D eigenvalue weighted by Gasteiger charge is -2.24. The maximum atomic E-state index is 11.0. The minimum Gasteiger partial charge on any atom is -0.453 e. The number of alkyl carbamates (subject to hydrolysis) is 1. The van der Waals surface area contributed by atoms with Gasteiger partial charge in [-0.1, -0.05) is 23.2 Å². The number of rotatable bonds is 1. The Labute approximate surface area is 120 Å². The summed E-state index contributed by atoms with van der Waals surface area (Å²) in [5.41, 5.74) is 0.947. The third-order valence-corrected chi connectivity index (χ3v) is 3.37. The van der Waals surface area contributed by atoms with Gasteiger partial charge in [0.05, 0.1) is 13.7 Å². The topological polar surface area (TPSA) is 62.7 Å². The van der Waals surface area contributed by atoms with Gasteiger partial charge >= 0.3 is 6.09 Å². The molecule has 0 saturated carbocycles. The second kappa shape index (κ2) is 6.12. The van der Waals surface area contributed by atoms with Crippen molar-refractivity contribution in [3.63, 3.8) is 0 Å². The molecule has 2 rings (SSSR count). The molecule has 102 valence electrons. The minimum atomic E-state index is -0.550. The zero-order valence-electron chi connectivity index (χ0n) is 10.2. The lowest BCUT2D eigenvalue weighted by molar-refractivity contribution is 0.176. The van der Waals surface area contributed by atoms with E-state index < -0.39 is 6.09 Å². The Hall–Kier alpha value is -1.46. The first kappa shape index (κ1) is 14.0. The quantitative estimate of drug-likeness (QED) is 0.837. The predicted octanol–water partition coefficient (Wildman–Crippen LogP) is 2.39. The Morgan fingerprint density at radius 3 is 2.95 bits per heavy atom. The van der Waals surface area contributed by atoms with Gasteiger partial charge in [-0.3, -0.25) is 10.3 Å². The van der Waals surface area contributed by atoms with E-state index >= 15 is 0 Å². The Balaban J connectivity index is 2.06. The number of aliphatic imine (C=N–C) groups is 1. The van der Waals surface area contributed by atoms with Crippen LogP contribution in [0.25, 0.3) is 0 Å². The van der Waals surface area contributed by atoms with Gasteiger partial charge in [-0.15, -0.1) is 0 Å². The van der Waals surface area contributed by atoms with E-state index in [1.54, 1.807) is 12.1 Å². The maximum absolute atomic E-state index is 11.0. The summed E-state index contributed by atoms with van der Waals surface area (Å²) in [5.74, 6) is 0.524. The fourth-order valence-electron chi connectivity index (χ4n) is 1.81. The van der Waals surface area contributed by atoms with Crippen molar-refractivity contribution in [2.45, 2.75) is 5.92 Å². The Morgan fingerprint density at radius 2 is 2.32 bits per heavy atom. The highest BCUT2D eigenvalue weighted by atomic mass is 35.5. The Bertz CT molecular complexity index is 520. The van der Waals surface area contributed by atoms with E-state index in [1.807, 2.05) is 6.07 Å². The largest absolute Gasteiger partial charge is 0.453 e. The molecule has 1 unspecified atom stereocenters. The molecule has 1 aliphatic rings. The number of methoxy groups -OCH3 is 1. The van der Waals surface area contributed by atoms with Gasteiger partial charge in [-0.2, -0.15) is 0 Å². The monoisotopic (exact) mass is 301 g/mol. The van der Waals surface area contributed by atoms with Crippen molar-refractivity contribution in [3.8, 4) is 0 Å². The summed E-state index contributed by atoms with van der Waals surface area (Å²) >= 11 is 12.1. The number of amides is 1. The molecule has 7 heteroatoms. The number of ether oxygens (including phenoxy) is 1. The molecule has 0 spiro atoms. The van der Waals surface area contributed by atoms with Crippen LogP contribution in [0.1, 0.15) is 11.5 Å². The number of nitrogens with zero attached hydrogens (tertiary/aromatic N) is 1. The third-order valence-electron chi connectivity index (χ3n) is 2.79. The van der Waals surface area contributed by atoms with Crippen LogP contribution in [0.5, 0.6) is 0 Å². The van der Waals surface area contributed by atoms with Crippen molar-refractivity contribution < 1.29 is 9.53 Å². The first-order chi connectivity index (χ1) is 9.10. The molecule has 1 aromatic carbocycles. The standard InChI is InChI=1S/C12H13Cl2N3O2/c1-19-12(18)17-11-15-5-7(6-16-11)9-4-8(13)2-3-10(9)14/h2-4,7H,5-6H2,1H3,(H2,15,16,17,18). The SMILES string of the molecule is COC(=O)NC1=NCC(c2cc(Cl)ccc2Cl)CN1. The molecule has 0 radical (unpaired) electrons. The van der Waals surface area contributed by atoms with Gasteiger partial charge in [0.2, 0.25) is 5.96 Å². The summed E-state index contributed by atoms with van der Waals surface area (Å²) in [6.45, 7) is 1.13. The highest BCUT2D eigenvalue weighted by molar-refractivity contribution is 6.33. The van der Waals surface area contributed by atoms with Crippen molar-refractivity contribution in [1.29, 1.82) is 0 Å². The van der Waals surface area contributed by atoms with E-state index in [2.05, 4.69) is 20.4 Å². The number of benzene rings is 1. The van der Waals surface area contributed by atoms with Crippen molar-refractivity contribution >= 4 is 35.3 Å². The number of guanidine groups is 1. The smallest absolute Gasteiger partial charge is 0.413 e. The predicted molar refractivity (Wildman–Crippen MR) is 75.0 cm³/mol. The average Bonchev–Trinajstić information content (AvgIpc) is 2.42. The summed E-state index contributed by atoms with van der Waals surface area (Å²) < 4.78 is 4.49. The Morgan fingerprint density at radius 1 is 1.53 bits per heavy atom. The first-order valence-electron chi connectivity index (χ1n) is 5.68. The number of hydrogen-bond donors (Lipinski definition) is 2. The van der Waals surface area contributed by atoms with Crippen LogP contribution in [0.3, 0.4) is 0 Å². The highest BCUT2D eigenvalue weighted by Crippen LogP contribution is 2.28. The van der Waals surface area contributed by atoms with Crippen LogP contribution in [-0.4, -0.2) is 32.3 Å². The molecule has 0 fully saturated rings. The maximum Gasteiger partial charge on any atom is 0.413 e. The van der Waals surface area contributed by atoms with Gasteiger partial charge in [0.1, 0.15) is 0 Å². The van der Waals surface area contributed by atoms with Gasteiger partial charge in [0, 0.05) is 22.5 Å². The number of nitrogens with one attached hydrogen (secondary N) is 2. The van der Waals surface area contributed by atoms with E-state index in [0.29, 0.717) is 29.1 Å². The summed E-state index contributed by atoms with van der Waals surface area (Å²) in [5, 5.41) is 6.80. The molecular weight excluding hydrogens is 289 g/mol. The highest BCUT2D eigenvalue weighted by Gasteiger charge is 2.20. The first-order valence-corrected chi connectivity index (χ1v) is 6.44. The summed E-state index contributed by atoms with van der Waals surface area (Å²) in [4.78, 5) is 15.3. The zero-order valence-corrected chi connectivity index (χ0v) is 11.8. The van der Waals surface area contributed by atoms with Crippen LogP contribution in [-0.2, 0) is 4.74 Å². The third kappa shape index (κ3) is 3.52. The van der Waals surface area contributed by atoms with Gasteiger partial charge in [0.25, 0.3) is 0 Å². The number of carbonyl (C=O) groups excluding carboxylic acids is 1. The second-order valence-electron chi connectivity index (χ2n) is 4.05. The number of halogens is 2. The molecule has 1 atom stereocenters. The zero-order chi connectivity index (χ0) is 13.8. The van der Waals surface area contributed by atoms with E-state index in [9.17, 15) is 4.79 Å². The molecule has 1 amide bonds. The molecular formula is C12H13Cl2N3O2. The van der Waals surface area contributed by atoms with E-state index in [4.69, 9.17) is 23.2 Å². The lowest BCUT2D eigenvalue weighted by atomic mass is 9.98. The van der Waals surface area contributed by atoms with Crippen molar-refractivity contribution in [2.24, 2.45) is 4.99 Å². The van der Waals surface area contributed by atoms with Gasteiger partial charge in [-0.05, 0) is 23.8 Å². The molecule has 1 aromatic rings. The van der Waals surface area contributed by atoms with Crippen LogP contribution in [0, 0.1) is 0 Å². The van der Waals surface area contributed by atoms with E-state index in [1.165, 1.54) is 7.11 Å². The number of hydrogen-bond acceptors (Lipinski definition) is 4. The summed E-state index contributed by atoms with van der Waals surface area (Å²) in [7, 11) is 1.30. The lowest BCUT2D eigenvalue weighted by Crippen LogP contribution is -2.45. The van der Waals surface area contributed by atoms with Crippen LogP contribution in [0.2, 0.25) is 10.0 Å². The van der Waals surface area contributed by atoms with Gasteiger partial charge in [0.15, 0.2) is 0 Å². The van der Waals surface area contributed by atoms with Crippen LogP contribution >= 0.6 is 23.2 Å². The van der Waals surface area contributed by atoms with Crippen molar-refractivity contribution in [3.05, 3.63) is 33.8 Å². The van der Waals surface area contributed by atoms with Crippen LogP contribution < -0.4 is 10.6 Å². The van der Waals surface area contributed by atoms with Crippen molar-refractivity contribution in [1.82, 2.24) is 10.6 Å². The van der Waals surface area contributed by atoms with Crippen LogP contribution in [0.4, 0.5) is 4.79 Å². The molecule has 19 heavy (non-hydrogen) atoms. The fraction of sp³-hybridized carbons (Fsp3) is 0.333. The van der Waals surface area contributed by atoms with Crippen LogP contribution in [0.15, 0.2) is 23.2 Å². The fourth-order valence-corrected chi connectivity index (χ4v) is 2.26. The van der Waals surface area contributed by atoms with E-state index in [-0.39, 0.29) is 5.92 Å². The molecule has 0 aliphatic carbocycles. The Kier molecular flexibility index (Phi) is 4.50. The van der Waals surface area contributed by atoms with Gasteiger partial charge in [-0.25, -0.2) is 4.79 Å². The van der Waals surface area contributed by atoms with Crippen molar-refractivity contribution in [2.75, 3.05) is 20.2 Å². The number of carbonyl (C=O) groups is 1. The molecule has 5 nitrogen and oxygen atoms in total. The molecule has 2 N–H and O–H groups in total. The normalized spacial score (nSPS) is 18.3. The van der Waals surface area contributed by atoms with Gasteiger partial charge < -0.3 is 10.1 Å². The second-order valence-corrected chi connectivity index (χ2v) is 4.89. The molecule has 0 saturated heterocycles. The molecule has 1 heterocycles. The summed E-state index contributed by atoms with van der Waals surface area (Å²) in [6.07, 6.45) is -0.550. The molecule has 0 aromatic heterocycles.